The number of morpholine rings is 1. The standard InChI is InChI=1S/C13H22N4O2/c1-9(2)19-12-4-5-15-13(16-12)17-6-7-18-11(8-17)10(3)14/h4-5,9-11H,6-8,14H2,1-3H3. The summed E-state index contributed by atoms with van der Waals surface area (Å²) in [5.41, 5.74) is 5.89. The van der Waals surface area contributed by atoms with Crippen LogP contribution in [0.5, 0.6) is 5.88 Å². The third-order valence-electron chi connectivity index (χ3n) is 2.94. The van der Waals surface area contributed by atoms with Gasteiger partial charge in [0.25, 0.3) is 0 Å². The van der Waals surface area contributed by atoms with Crippen molar-refractivity contribution in [2.75, 3.05) is 24.6 Å². The summed E-state index contributed by atoms with van der Waals surface area (Å²) < 4.78 is 11.2. The Labute approximate surface area is 113 Å². The molecule has 2 unspecified atom stereocenters. The number of aromatic nitrogens is 2. The number of hydrogen-bond acceptors (Lipinski definition) is 6. The minimum atomic E-state index is -0.00195. The van der Waals surface area contributed by atoms with Gasteiger partial charge in [-0.1, -0.05) is 0 Å². The van der Waals surface area contributed by atoms with Gasteiger partial charge in [0, 0.05) is 31.4 Å². The molecule has 2 N–H and O–H groups in total. The Morgan fingerprint density at radius 1 is 1.47 bits per heavy atom. The maximum atomic E-state index is 5.89. The fraction of sp³-hybridized carbons (Fsp3) is 0.692. The molecule has 6 nitrogen and oxygen atoms in total. The summed E-state index contributed by atoms with van der Waals surface area (Å²) in [6, 6.07) is 1.77. The van der Waals surface area contributed by atoms with Crippen LogP contribution in [0, 0.1) is 0 Å². The summed E-state index contributed by atoms with van der Waals surface area (Å²) in [6.07, 6.45) is 1.84. The molecule has 2 heterocycles. The molecule has 1 saturated heterocycles. The molecule has 0 amide bonds. The molecule has 1 aliphatic heterocycles. The highest BCUT2D eigenvalue weighted by molar-refractivity contribution is 5.33. The Morgan fingerprint density at radius 2 is 2.26 bits per heavy atom. The van der Waals surface area contributed by atoms with Crippen molar-refractivity contribution in [3.8, 4) is 5.88 Å². The van der Waals surface area contributed by atoms with E-state index in [1.54, 1.807) is 12.3 Å². The molecule has 2 rings (SSSR count). The van der Waals surface area contributed by atoms with Crippen LogP contribution in [0.4, 0.5) is 5.95 Å². The van der Waals surface area contributed by atoms with Gasteiger partial charge in [-0.25, -0.2) is 4.98 Å². The van der Waals surface area contributed by atoms with Gasteiger partial charge in [0.15, 0.2) is 0 Å². The molecule has 0 saturated carbocycles. The van der Waals surface area contributed by atoms with E-state index < -0.39 is 0 Å². The third kappa shape index (κ3) is 3.78. The van der Waals surface area contributed by atoms with Gasteiger partial charge in [-0.3, -0.25) is 0 Å². The van der Waals surface area contributed by atoms with Crippen molar-refractivity contribution in [2.24, 2.45) is 5.73 Å². The molecule has 0 bridgehead atoms. The highest BCUT2D eigenvalue weighted by Gasteiger charge is 2.25. The summed E-state index contributed by atoms with van der Waals surface area (Å²) >= 11 is 0. The van der Waals surface area contributed by atoms with Crippen LogP contribution in [-0.4, -0.2) is 47.9 Å². The fourth-order valence-corrected chi connectivity index (χ4v) is 1.97. The van der Waals surface area contributed by atoms with Crippen molar-refractivity contribution in [1.82, 2.24) is 9.97 Å². The van der Waals surface area contributed by atoms with Gasteiger partial charge in [0.05, 0.1) is 18.8 Å². The number of ether oxygens (including phenoxy) is 2. The largest absolute Gasteiger partial charge is 0.475 e. The van der Waals surface area contributed by atoms with E-state index in [1.807, 2.05) is 20.8 Å². The average molecular weight is 266 g/mol. The highest BCUT2D eigenvalue weighted by atomic mass is 16.5. The molecule has 1 aromatic rings. The van der Waals surface area contributed by atoms with Crippen LogP contribution in [0.1, 0.15) is 20.8 Å². The van der Waals surface area contributed by atoms with Crippen LogP contribution >= 0.6 is 0 Å². The molecular weight excluding hydrogens is 244 g/mol. The number of nitrogens with two attached hydrogens (primary N) is 1. The predicted molar refractivity (Wildman–Crippen MR) is 73.4 cm³/mol. The summed E-state index contributed by atoms with van der Waals surface area (Å²) in [5.74, 6) is 1.27. The molecule has 1 fully saturated rings. The van der Waals surface area contributed by atoms with Crippen LogP contribution < -0.4 is 15.4 Å². The molecule has 106 valence electrons. The minimum absolute atomic E-state index is 0.00195. The second-order valence-electron chi connectivity index (χ2n) is 5.08. The topological polar surface area (TPSA) is 73.5 Å². The lowest BCUT2D eigenvalue weighted by Crippen LogP contribution is -2.50. The molecule has 1 aliphatic rings. The Balaban J connectivity index is 2.08. The van der Waals surface area contributed by atoms with Crippen molar-refractivity contribution in [3.63, 3.8) is 0 Å². The van der Waals surface area contributed by atoms with Crippen molar-refractivity contribution < 1.29 is 9.47 Å². The van der Waals surface area contributed by atoms with Gasteiger partial charge in [0.1, 0.15) is 0 Å². The van der Waals surface area contributed by atoms with E-state index in [1.165, 1.54) is 0 Å². The molecule has 0 aromatic carbocycles. The molecular formula is C13H22N4O2. The van der Waals surface area contributed by atoms with Crippen LogP contribution in [0.15, 0.2) is 12.3 Å². The van der Waals surface area contributed by atoms with Crippen molar-refractivity contribution in [1.29, 1.82) is 0 Å². The maximum Gasteiger partial charge on any atom is 0.228 e. The average Bonchev–Trinajstić information content (AvgIpc) is 2.38. The number of hydrogen-bond donors (Lipinski definition) is 1. The summed E-state index contributed by atoms with van der Waals surface area (Å²) in [7, 11) is 0. The SMILES string of the molecule is CC(C)Oc1ccnc(N2CCOC(C(C)N)C2)n1. The minimum Gasteiger partial charge on any atom is -0.475 e. The zero-order valence-corrected chi connectivity index (χ0v) is 11.7. The second-order valence-corrected chi connectivity index (χ2v) is 5.08. The zero-order valence-electron chi connectivity index (χ0n) is 11.7. The third-order valence-corrected chi connectivity index (χ3v) is 2.94. The van der Waals surface area contributed by atoms with Gasteiger partial charge in [0.2, 0.25) is 11.8 Å². The van der Waals surface area contributed by atoms with Crippen LogP contribution in [-0.2, 0) is 4.74 Å². The lowest BCUT2D eigenvalue weighted by molar-refractivity contribution is 0.0270. The predicted octanol–water partition coefficient (Wildman–Crippen LogP) is 0.816. The summed E-state index contributed by atoms with van der Waals surface area (Å²) in [4.78, 5) is 10.8. The molecule has 19 heavy (non-hydrogen) atoms. The fourth-order valence-electron chi connectivity index (χ4n) is 1.97. The van der Waals surface area contributed by atoms with E-state index in [0.717, 1.165) is 6.54 Å². The van der Waals surface area contributed by atoms with Gasteiger partial charge >= 0.3 is 0 Å². The van der Waals surface area contributed by atoms with E-state index in [-0.39, 0.29) is 18.2 Å². The Bertz CT molecular complexity index is 411. The van der Waals surface area contributed by atoms with Gasteiger partial charge in [-0.2, -0.15) is 4.98 Å². The molecule has 0 spiro atoms. The second kappa shape index (κ2) is 6.16. The Kier molecular flexibility index (Phi) is 4.55. The van der Waals surface area contributed by atoms with E-state index in [2.05, 4.69) is 14.9 Å². The van der Waals surface area contributed by atoms with Crippen LogP contribution in [0.2, 0.25) is 0 Å². The lowest BCUT2D eigenvalue weighted by Gasteiger charge is -2.34. The van der Waals surface area contributed by atoms with E-state index in [4.69, 9.17) is 15.2 Å². The van der Waals surface area contributed by atoms with Gasteiger partial charge in [-0.15, -0.1) is 0 Å². The normalized spacial score (nSPS) is 21.5. The highest BCUT2D eigenvalue weighted by Crippen LogP contribution is 2.17. The van der Waals surface area contributed by atoms with Crippen LogP contribution in [0.3, 0.4) is 0 Å². The van der Waals surface area contributed by atoms with Crippen LogP contribution in [0.25, 0.3) is 0 Å². The quantitative estimate of drug-likeness (QED) is 0.869. The number of nitrogens with zero attached hydrogens (tertiary/aromatic N) is 3. The smallest absolute Gasteiger partial charge is 0.228 e. The number of rotatable bonds is 4. The molecule has 2 atom stereocenters. The molecule has 0 aliphatic carbocycles. The maximum absolute atomic E-state index is 5.89. The van der Waals surface area contributed by atoms with E-state index in [9.17, 15) is 0 Å². The Morgan fingerprint density at radius 3 is 2.95 bits per heavy atom. The van der Waals surface area contributed by atoms with E-state index in [0.29, 0.717) is 25.0 Å². The first-order valence-corrected chi connectivity index (χ1v) is 6.68. The monoisotopic (exact) mass is 266 g/mol. The van der Waals surface area contributed by atoms with Crippen molar-refractivity contribution >= 4 is 5.95 Å². The van der Waals surface area contributed by atoms with Gasteiger partial charge in [-0.05, 0) is 20.8 Å². The molecule has 0 radical (unpaired) electrons. The first kappa shape index (κ1) is 14.0. The first-order valence-electron chi connectivity index (χ1n) is 6.68. The molecule has 1 aromatic heterocycles. The Hall–Kier alpha value is -1.40. The zero-order chi connectivity index (χ0) is 13.8. The van der Waals surface area contributed by atoms with Gasteiger partial charge < -0.3 is 20.1 Å². The van der Waals surface area contributed by atoms with Crippen molar-refractivity contribution in [2.45, 2.75) is 39.0 Å². The lowest BCUT2D eigenvalue weighted by atomic mass is 10.1. The van der Waals surface area contributed by atoms with E-state index >= 15 is 0 Å². The number of anilines is 1. The molecule has 6 heteroatoms. The summed E-state index contributed by atoms with van der Waals surface area (Å²) in [5, 5.41) is 0. The first-order chi connectivity index (χ1) is 9.06. The summed E-state index contributed by atoms with van der Waals surface area (Å²) in [6.45, 7) is 8.03. The van der Waals surface area contributed by atoms with Crippen molar-refractivity contribution in [3.05, 3.63) is 12.3 Å².